The van der Waals surface area contributed by atoms with Gasteiger partial charge in [-0.05, 0) is 140 Å². The Bertz CT molecular complexity index is 2320. The summed E-state index contributed by atoms with van der Waals surface area (Å²) in [6.45, 7) is 0. The monoisotopic (exact) mass is 696 g/mol. The Morgan fingerprint density at radius 1 is 0.491 bits per heavy atom. The van der Waals surface area contributed by atoms with Gasteiger partial charge in [-0.3, -0.25) is 0 Å². The van der Waals surface area contributed by atoms with Crippen molar-refractivity contribution >= 4 is 0 Å². The van der Waals surface area contributed by atoms with Gasteiger partial charge < -0.3 is 33.9 Å². The number of ether oxygens (including phenoxy) is 5. The minimum Gasteiger partial charge on any atom is -0.508 e. The summed E-state index contributed by atoms with van der Waals surface area (Å²) in [5.74, 6) is 15.0. The minimum absolute atomic E-state index is 0.179. The van der Waals surface area contributed by atoms with Crippen molar-refractivity contribution < 1.29 is 33.9 Å². The molecule has 1 atom stereocenters. The molecular weight excluding hydrogens is 664 g/mol. The normalized spacial score (nSPS) is 12.8. The Morgan fingerprint density at radius 2 is 0.811 bits per heavy atom. The SMILES string of the molecule is C#CC(O)(c1ccc(Oc2ccc(OC3=CCC#CC=C3)cc2)cc1)c1ccc(Oc2ccc(Oc3ccc(Oc4ccc(O)cc4)cc3)cc2)cc1. The number of benzene rings is 6. The summed E-state index contributed by atoms with van der Waals surface area (Å²) in [6, 6.07) is 42.3. The molecule has 53 heavy (non-hydrogen) atoms. The van der Waals surface area contributed by atoms with Gasteiger partial charge in [0, 0.05) is 17.5 Å². The van der Waals surface area contributed by atoms with E-state index in [9.17, 15) is 10.2 Å². The van der Waals surface area contributed by atoms with Crippen LogP contribution in [0.1, 0.15) is 17.5 Å². The number of hydrogen-bond acceptors (Lipinski definition) is 7. The molecule has 0 aliphatic heterocycles. The average Bonchev–Trinajstić information content (AvgIpc) is 3.47. The number of aromatic hydroxyl groups is 1. The summed E-state index contributed by atoms with van der Waals surface area (Å²) >= 11 is 0. The molecule has 7 heteroatoms. The Labute approximate surface area is 307 Å². The molecule has 258 valence electrons. The van der Waals surface area contributed by atoms with Gasteiger partial charge in [0.25, 0.3) is 0 Å². The predicted molar refractivity (Wildman–Crippen MR) is 203 cm³/mol. The van der Waals surface area contributed by atoms with E-state index < -0.39 is 5.60 Å². The second-order valence-electron chi connectivity index (χ2n) is 11.8. The molecule has 6 aromatic rings. The first-order valence-electron chi connectivity index (χ1n) is 16.7. The van der Waals surface area contributed by atoms with Gasteiger partial charge in [0.2, 0.25) is 0 Å². The summed E-state index contributed by atoms with van der Waals surface area (Å²) in [5, 5.41) is 21.0. The summed E-state index contributed by atoms with van der Waals surface area (Å²) in [7, 11) is 0. The molecule has 1 aliphatic rings. The molecule has 0 heterocycles. The van der Waals surface area contributed by atoms with Crippen LogP contribution in [-0.2, 0) is 5.60 Å². The number of hydrogen-bond donors (Lipinski definition) is 2. The van der Waals surface area contributed by atoms with Crippen LogP contribution in [0.2, 0.25) is 0 Å². The van der Waals surface area contributed by atoms with Gasteiger partial charge in [-0.15, -0.1) is 6.42 Å². The number of aliphatic hydroxyl groups is 1. The molecule has 7 rings (SSSR count). The molecule has 2 N–H and O–H groups in total. The van der Waals surface area contributed by atoms with E-state index in [1.54, 1.807) is 103 Å². The lowest BCUT2D eigenvalue weighted by Crippen LogP contribution is -2.24. The fraction of sp³-hybridized carbons (Fsp3) is 0.0435. The molecule has 0 amide bonds. The first-order chi connectivity index (χ1) is 25.9. The summed E-state index contributed by atoms with van der Waals surface area (Å²) in [6.07, 6.45) is 12.1. The zero-order valence-electron chi connectivity index (χ0n) is 28.3. The first kappa shape index (κ1) is 34.1. The third-order valence-electron chi connectivity index (χ3n) is 8.08. The third-order valence-corrected chi connectivity index (χ3v) is 8.08. The number of terminal acetylenes is 1. The van der Waals surface area contributed by atoms with E-state index >= 15 is 0 Å². The highest BCUT2D eigenvalue weighted by atomic mass is 16.5. The van der Waals surface area contributed by atoms with Crippen LogP contribution in [0.15, 0.2) is 170 Å². The molecule has 0 bridgehead atoms. The molecule has 0 aromatic heterocycles. The van der Waals surface area contributed by atoms with Crippen molar-refractivity contribution in [1.29, 1.82) is 0 Å². The van der Waals surface area contributed by atoms with E-state index in [4.69, 9.17) is 30.1 Å². The largest absolute Gasteiger partial charge is 0.508 e. The minimum atomic E-state index is -1.67. The van der Waals surface area contributed by atoms with E-state index in [1.807, 2.05) is 60.7 Å². The van der Waals surface area contributed by atoms with Gasteiger partial charge in [0.15, 0.2) is 5.60 Å². The van der Waals surface area contributed by atoms with Crippen molar-refractivity contribution in [3.63, 3.8) is 0 Å². The summed E-state index contributed by atoms with van der Waals surface area (Å²) in [4.78, 5) is 0. The fourth-order valence-corrected chi connectivity index (χ4v) is 5.32. The van der Waals surface area contributed by atoms with E-state index in [0.29, 0.717) is 69.3 Å². The highest BCUT2D eigenvalue weighted by molar-refractivity contribution is 5.48. The maximum Gasteiger partial charge on any atom is 0.176 e. The van der Waals surface area contributed by atoms with Crippen LogP contribution in [0.5, 0.6) is 57.5 Å². The molecule has 0 spiro atoms. The van der Waals surface area contributed by atoms with Crippen molar-refractivity contribution in [3.8, 4) is 81.7 Å². The van der Waals surface area contributed by atoms with Crippen LogP contribution in [0.4, 0.5) is 0 Å². The van der Waals surface area contributed by atoms with Gasteiger partial charge in [-0.2, -0.15) is 0 Å². The molecule has 0 fully saturated rings. The van der Waals surface area contributed by atoms with Crippen molar-refractivity contribution in [3.05, 3.63) is 181 Å². The van der Waals surface area contributed by atoms with Crippen LogP contribution in [0.3, 0.4) is 0 Å². The molecular formula is C46H32O7. The van der Waals surface area contributed by atoms with Crippen molar-refractivity contribution in [2.45, 2.75) is 12.0 Å². The number of allylic oxidation sites excluding steroid dienone is 3. The van der Waals surface area contributed by atoms with Crippen LogP contribution in [-0.4, -0.2) is 10.2 Å². The highest BCUT2D eigenvalue weighted by Gasteiger charge is 2.29. The average molecular weight is 697 g/mol. The third kappa shape index (κ3) is 8.71. The molecule has 1 aliphatic carbocycles. The summed E-state index contributed by atoms with van der Waals surface area (Å²) < 4.78 is 29.7. The molecule has 0 saturated carbocycles. The number of phenols is 1. The molecule has 1 unspecified atom stereocenters. The smallest absolute Gasteiger partial charge is 0.176 e. The quantitative estimate of drug-likeness (QED) is 0.123. The Hall–Kier alpha value is -7.32. The predicted octanol–water partition coefficient (Wildman–Crippen LogP) is 10.7. The van der Waals surface area contributed by atoms with Crippen LogP contribution < -0.4 is 23.7 Å². The second-order valence-corrected chi connectivity index (χ2v) is 11.8. The zero-order valence-corrected chi connectivity index (χ0v) is 28.3. The lowest BCUT2D eigenvalue weighted by molar-refractivity contribution is 0.145. The second kappa shape index (κ2) is 15.7. The summed E-state index contributed by atoms with van der Waals surface area (Å²) in [5.41, 5.74) is -0.629. The van der Waals surface area contributed by atoms with Crippen molar-refractivity contribution in [2.75, 3.05) is 0 Å². The molecule has 7 nitrogen and oxygen atoms in total. The van der Waals surface area contributed by atoms with Crippen LogP contribution in [0.25, 0.3) is 0 Å². The molecule has 6 aromatic carbocycles. The maximum absolute atomic E-state index is 11.6. The molecule has 0 radical (unpaired) electrons. The fourth-order valence-electron chi connectivity index (χ4n) is 5.32. The highest BCUT2D eigenvalue weighted by Crippen LogP contribution is 2.34. The van der Waals surface area contributed by atoms with Crippen molar-refractivity contribution in [1.82, 2.24) is 0 Å². The number of phenolic OH excluding ortho intramolecular Hbond substituents is 1. The van der Waals surface area contributed by atoms with Crippen molar-refractivity contribution in [2.24, 2.45) is 0 Å². The Balaban J connectivity index is 0.927. The van der Waals surface area contributed by atoms with E-state index in [2.05, 4.69) is 17.8 Å². The van der Waals surface area contributed by atoms with Gasteiger partial charge in [0.05, 0.1) is 0 Å². The maximum atomic E-state index is 11.6. The van der Waals surface area contributed by atoms with Gasteiger partial charge in [-0.25, -0.2) is 0 Å². The zero-order chi connectivity index (χ0) is 36.5. The standard InChI is InChI=1S/C46H32O7/c1-2-46(48,33-9-15-37(16-10-33)50-41-23-21-40(22-24-41)49-36-7-5-3-4-6-8-36)34-11-17-38(18-12-34)51-42-25-29-44(30-26-42)53-45-31-27-43(28-32-45)52-39-19-13-35(47)14-20-39/h1,5,7-32,47-48H,6H2. The van der Waals surface area contributed by atoms with Crippen LogP contribution >= 0.6 is 0 Å². The lowest BCUT2D eigenvalue weighted by Gasteiger charge is -2.24. The van der Waals surface area contributed by atoms with E-state index in [-0.39, 0.29) is 5.75 Å². The van der Waals surface area contributed by atoms with Gasteiger partial charge in [0.1, 0.15) is 63.3 Å². The Morgan fingerprint density at radius 3 is 1.17 bits per heavy atom. The first-order valence-corrected chi connectivity index (χ1v) is 16.7. The molecule has 0 saturated heterocycles. The van der Waals surface area contributed by atoms with E-state index in [1.165, 1.54) is 0 Å². The van der Waals surface area contributed by atoms with E-state index in [0.717, 1.165) is 5.76 Å². The topological polar surface area (TPSA) is 86.6 Å². The van der Waals surface area contributed by atoms with Gasteiger partial charge in [-0.1, -0.05) is 42.0 Å². The number of rotatable bonds is 12. The lowest BCUT2D eigenvalue weighted by atomic mass is 9.87. The van der Waals surface area contributed by atoms with Crippen LogP contribution in [0, 0.1) is 24.2 Å². The van der Waals surface area contributed by atoms with Gasteiger partial charge >= 0.3 is 0 Å². The Kier molecular flexibility index (Phi) is 10.1.